The molecular weight excluding hydrogens is 390 g/mol. The van der Waals surface area contributed by atoms with Crippen molar-refractivity contribution in [2.45, 2.75) is 6.92 Å². The molecule has 0 unspecified atom stereocenters. The molecule has 0 bridgehead atoms. The van der Waals surface area contributed by atoms with E-state index in [1.54, 1.807) is 24.3 Å². The zero-order valence-corrected chi connectivity index (χ0v) is 15.7. The number of para-hydroxylation sites is 2. The third-order valence-corrected chi connectivity index (χ3v) is 4.40. The van der Waals surface area contributed by atoms with E-state index in [1.165, 1.54) is 29.2 Å². The predicted octanol–water partition coefficient (Wildman–Crippen LogP) is 3.91. The predicted molar refractivity (Wildman–Crippen MR) is 107 cm³/mol. The van der Waals surface area contributed by atoms with Crippen molar-refractivity contribution in [3.05, 3.63) is 68.9 Å². The molecule has 1 aliphatic heterocycles. The van der Waals surface area contributed by atoms with E-state index in [4.69, 9.17) is 28.6 Å². The zero-order chi connectivity index (χ0) is 19.6. The number of thiocarbonyl (C=S) groups is 1. The highest BCUT2D eigenvalue weighted by Gasteiger charge is 2.33. The van der Waals surface area contributed by atoms with E-state index < -0.39 is 10.8 Å². The highest BCUT2D eigenvalue weighted by Crippen LogP contribution is 2.32. The number of carbonyl (C=O) groups is 1. The first kappa shape index (κ1) is 18.8. The lowest BCUT2D eigenvalue weighted by Crippen LogP contribution is -2.30. The Balaban J connectivity index is 1.99. The minimum absolute atomic E-state index is 0.127. The van der Waals surface area contributed by atoms with Gasteiger partial charge in [0.1, 0.15) is 11.4 Å². The molecule has 1 aliphatic rings. The zero-order valence-electron chi connectivity index (χ0n) is 14.1. The Morgan fingerprint density at radius 2 is 2.07 bits per heavy atom. The molecule has 0 radical (unpaired) electrons. The summed E-state index contributed by atoms with van der Waals surface area (Å²) in [4.78, 5) is 24.6. The van der Waals surface area contributed by atoms with Crippen molar-refractivity contribution in [3.63, 3.8) is 0 Å². The molecule has 1 N–H and O–H groups in total. The van der Waals surface area contributed by atoms with Gasteiger partial charge in [-0.05, 0) is 43.4 Å². The maximum Gasteiger partial charge on any atom is 0.281 e. The lowest BCUT2D eigenvalue weighted by Gasteiger charge is -2.17. The summed E-state index contributed by atoms with van der Waals surface area (Å²) in [6.45, 7) is 2.28. The van der Waals surface area contributed by atoms with Crippen LogP contribution in [0.2, 0.25) is 5.02 Å². The van der Waals surface area contributed by atoms with Gasteiger partial charge in [-0.1, -0.05) is 23.7 Å². The standard InChI is InChI=1S/C18H14ClN3O4S/c1-2-26-16-6-4-3-5-15(16)21-17(23)14(20-18(21)27)10-11-9-12(22(24)25)7-8-13(11)19/h3-10H,2H2,1H3,(H,20,27)/b14-10+. The summed E-state index contributed by atoms with van der Waals surface area (Å²) in [5.41, 5.74) is 0.881. The van der Waals surface area contributed by atoms with Gasteiger partial charge in [-0.3, -0.25) is 14.9 Å². The van der Waals surface area contributed by atoms with Gasteiger partial charge in [-0.15, -0.1) is 0 Å². The summed E-state index contributed by atoms with van der Waals surface area (Å²) in [7, 11) is 0. The monoisotopic (exact) mass is 403 g/mol. The number of nitrogens with one attached hydrogen (secondary N) is 1. The summed E-state index contributed by atoms with van der Waals surface area (Å²) in [6, 6.07) is 11.0. The number of rotatable bonds is 5. The van der Waals surface area contributed by atoms with Crippen LogP contribution in [-0.2, 0) is 4.79 Å². The van der Waals surface area contributed by atoms with Crippen LogP contribution in [0.25, 0.3) is 6.08 Å². The molecule has 0 saturated carbocycles. The normalized spacial score (nSPS) is 15.2. The molecule has 27 heavy (non-hydrogen) atoms. The maximum absolute atomic E-state index is 12.9. The van der Waals surface area contributed by atoms with E-state index in [2.05, 4.69) is 5.32 Å². The molecule has 3 rings (SSSR count). The molecule has 2 aromatic rings. The topological polar surface area (TPSA) is 84.7 Å². The van der Waals surface area contributed by atoms with Crippen LogP contribution < -0.4 is 15.0 Å². The van der Waals surface area contributed by atoms with E-state index in [0.29, 0.717) is 23.6 Å². The third-order valence-electron chi connectivity index (χ3n) is 3.77. The molecular formula is C18H14ClN3O4S. The second kappa shape index (κ2) is 7.73. The van der Waals surface area contributed by atoms with Gasteiger partial charge < -0.3 is 10.1 Å². The first-order valence-corrected chi connectivity index (χ1v) is 8.74. The highest BCUT2D eigenvalue weighted by molar-refractivity contribution is 7.80. The first-order valence-electron chi connectivity index (χ1n) is 7.95. The molecule has 138 valence electrons. The number of nitrogens with zero attached hydrogens (tertiary/aromatic N) is 2. The van der Waals surface area contributed by atoms with Crippen LogP contribution in [0.1, 0.15) is 12.5 Å². The number of hydrogen-bond donors (Lipinski definition) is 1. The van der Waals surface area contributed by atoms with Gasteiger partial charge in [0.15, 0.2) is 5.11 Å². The number of nitro benzene ring substituents is 1. The molecule has 0 aromatic heterocycles. The fraction of sp³-hybridized carbons (Fsp3) is 0.111. The number of carbonyl (C=O) groups excluding carboxylic acids is 1. The Hall–Kier alpha value is -2.97. The van der Waals surface area contributed by atoms with Crippen LogP contribution in [0.3, 0.4) is 0 Å². The molecule has 9 heteroatoms. The van der Waals surface area contributed by atoms with Crippen molar-refractivity contribution in [3.8, 4) is 5.75 Å². The van der Waals surface area contributed by atoms with E-state index in [-0.39, 0.29) is 21.5 Å². The van der Waals surface area contributed by atoms with Gasteiger partial charge >= 0.3 is 0 Å². The molecule has 1 heterocycles. The number of non-ortho nitro benzene ring substituents is 1. The molecule has 7 nitrogen and oxygen atoms in total. The fourth-order valence-electron chi connectivity index (χ4n) is 2.58. The Kier molecular flexibility index (Phi) is 5.38. The van der Waals surface area contributed by atoms with Gasteiger partial charge in [0.05, 0.1) is 17.2 Å². The van der Waals surface area contributed by atoms with Gasteiger partial charge in [0, 0.05) is 22.7 Å². The third kappa shape index (κ3) is 3.76. The Morgan fingerprint density at radius 3 is 2.78 bits per heavy atom. The van der Waals surface area contributed by atoms with Gasteiger partial charge in [-0.25, -0.2) is 4.90 Å². The van der Waals surface area contributed by atoms with Gasteiger partial charge in [0.2, 0.25) is 0 Å². The summed E-state index contributed by atoms with van der Waals surface area (Å²) in [6.07, 6.45) is 1.44. The van der Waals surface area contributed by atoms with E-state index in [1.807, 2.05) is 6.92 Å². The Bertz CT molecular complexity index is 977. The minimum Gasteiger partial charge on any atom is -0.492 e. The first-order chi connectivity index (χ1) is 12.9. The van der Waals surface area contributed by atoms with Crippen LogP contribution in [0, 0.1) is 10.1 Å². The van der Waals surface area contributed by atoms with Crippen LogP contribution >= 0.6 is 23.8 Å². The molecule has 1 saturated heterocycles. The average Bonchev–Trinajstić information content (AvgIpc) is 2.91. The van der Waals surface area contributed by atoms with Crippen molar-refractivity contribution in [1.29, 1.82) is 0 Å². The Morgan fingerprint density at radius 1 is 1.33 bits per heavy atom. The Labute approximate surface area is 165 Å². The van der Waals surface area contributed by atoms with Crippen molar-refractivity contribution in [1.82, 2.24) is 5.32 Å². The number of benzene rings is 2. The largest absolute Gasteiger partial charge is 0.492 e. The number of halogens is 1. The van der Waals surface area contributed by atoms with Gasteiger partial charge in [0.25, 0.3) is 11.6 Å². The SMILES string of the molecule is CCOc1ccccc1N1C(=O)/C(=C\c2cc([N+](=O)[O-])ccc2Cl)NC1=S. The second-order valence-electron chi connectivity index (χ2n) is 5.49. The van der Waals surface area contributed by atoms with E-state index in [0.717, 1.165) is 0 Å². The summed E-state index contributed by atoms with van der Waals surface area (Å²) in [5, 5.41) is 14.3. The molecule has 2 aromatic carbocycles. The summed E-state index contributed by atoms with van der Waals surface area (Å²) in [5.74, 6) is 0.113. The number of hydrogen-bond acceptors (Lipinski definition) is 5. The van der Waals surface area contributed by atoms with Crippen molar-refractivity contribution >= 4 is 52.3 Å². The minimum atomic E-state index is -0.530. The number of ether oxygens (including phenoxy) is 1. The molecule has 1 amide bonds. The molecule has 0 atom stereocenters. The van der Waals surface area contributed by atoms with Crippen LogP contribution in [0.5, 0.6) is 5.75 Å². The lowest BCUT2D eigenvalue weighted by atomic mass is 10.1. The lowest BCUT2D eigenvalue weighted by molar-refractivity contribution is -0.384. The highest BCUT2D eigenvalue weighted by atomic mass is 35.5. The fourth-order valence-corrected chi connectivity index (χ4v) is 3.05. The average molecular weight is 404 g/mol. The van der Waals surface area contributed by atoms with Crippen molar-refractivity contribution in [2.75, 3.05) is 11.5 Å². The number of nitro groups is 1. The van der Waals surface area contributed by atoms with Crippen LogP contribution in [0.15, 0.2) is 48.2 Å². The van der Waals surface area contributed by atoms with Crippen LogP contribution in [0.4, 0.5) is 11.4 Å². The maximum atomic E-state index is 12.9. The van der Waals surface area contributed by atoms with Crippen molar-refractivity contribution < 1.29 is 14.5 Å². The van der Waals surface area contributed by atoms with E-state index in [9.17, 15) is 14.9 Å². The summed E-state index contributed by atoms with van der Waals surface area (Å²) >= 11 is 11.4. The van der Waals surface area contributed by atoms with Gasteiger partial charge in [-0.2, -0.15) is 0 Å². The van der Waals surface area contributed by atoms with Crippen molar-refractivity contribution in [2.24, 2.45) is 0 Å². The molecule has 0 aliphatic carbocycles. The van der Waals surface area contributed by atoms with Crippen LogP contribution in [-0.4, -0.2) is 22.5 Å². The molecule has 1 fully saturated rings. The number of anilines is 1. The van der Waals surface area contributed by atoms with E-state index >= 15 is 0 Å². The molecule has 0 spiro atoms. The quantitative estimate of drug-likeness (QED) is 0.352. The summed E-state index contributed by atoms with van der Waals surface area (Å²) < 4.78 is 5.56. The smallest absolute Gasteiger partial charge is 0.281 e. The number of amides is 1. The second-order valence-corrected chi connectivity index (χ2v) is 6.29.